The van der Waals surface area contributed by atoms with Crippen molar-refractivity contribution >= 4 is 98.1 Å². The molecular weight excluding hydrogens is 540 g/mol. The summed E-state index contributed by atoms with van der Waals surface area (Å²) in [5.74, 6) is -0.667. The zero-order valence-corrected chi connectivity index (χ0v) is 21.1. The number of nitrogens with one attached hydrogen (secondary N) is 1. The lowest BCUT2D eigenvalue weighted by Gasteiger charge is -2.16. The third-order valence-corrected chi connectivity index (χ3v) is 7.07. The van der Waals surface area contributed by atoms with Gasteiger partial charge >= 0.3 is 0 Å². The van der Waals surface area contributed by atoms with E-state index in [1.807, 2.05) is 0 Å². The molecule has 1 aliphatic heterocycles. The van der Waals surface area contributed by atoms with Crippen LogP contribution in [0.15, 0.2) is 35.3 Å². The Bertz CT molecular complexity index is 1080. The summed E-state index contributed by atoms with van der Waals surface area (Å²) >= 11 is 31.4. The SMILES string of the molecule is COCCN1C(=O)[C@@H](CC(=O)Nc2cc(Cl)c(Cl)cc2Cl)SC1=Nc1ccc(Cl)cc1Cl. The summed E-state index contributed by atoms with van der Waals surface area (Å²) in [5.41, 5.74) is 0.765. The number of amides is 2. The van der Waals surface area contributed by atoms with E-state index in [4.69, 9.17) is 62.7 Å². The fraction of sp³-hybridized carbons (Fsp3) is 0.250. The molecule has 0 radical (unpaired) electrons. The number of aliphatic imine (C=N–C) groups is 1. The van der Waals surface area contributed by atoms with Crippen LogP contribution in [0.2, 0.25) is 25.1 Å². The smallest absolute Gasteiger partial charge is 0.242 e. The van der Waals surface area contributed by atoms with Crippen molar-refractivity contribution < 1.29 is 14.3 Å². The van der Waals surface area contributed by atoms with Crippen LogP contribution in [-0.2, 0) is 14.3 Å². The standard InChI is InChI=1S/C20H16Cl5N3O3S/c1-31-5-4-28-19(30)17(32-20(28)27-15-3-2-10(21)6-13(15)24)9-18(29)26-16-8-12(23)11(22)7-14(16)25/h2-3,6-8,17H,4-5,9H2,1H3,(H,26,29)/t17-/m1/s1. The number of amidine groups is 1. The summed E-state index contributed by atoms with van der Waals surface area (Å²) in [5, 5.41) is 3.98. The van der Waals surface area contributed by atoms with Gasteiger partial charge in [0.15, 0.2) is 5.17 Å². The highest BCUT2D eigenvalue weighted by Gasteiger charge is 2.39. The Kier molecular flexibility index (Phi) is 8.97. The molecule has 1 atom stereocenters. The van der Waals surface area contributed by atoms with Crippen LogP contribution in [0, 0.1) is 0 Å². The van der Waals surface area contributed by atoms with Crippen LogP contribution in [0.4, 0.5) is 11.4 Å². The van der Waals surface area contributed by atoms with Gasteiger partial charge in [0.2, 0.25) is 11.8 Å². The summed E-state index contributed by atoms with van der Waals surface area (Å²) < 4.78 is 5.10. The van der Waals surface area contributed by atoms with Gasteiger partial charge in [-0.05, 0) is 30.3 Å². The maximum Gasteiger partial charge on any atom is 0.242 e. The number of hydrogen-bond acceptors (Lipinski definition) is 5. The minimum absolute atomic E-state index is 0.100. The highest BCUT2D eigenvalue weighted by molar-refractivity contribution is 8.15. The molecule has 1 heterocycles. The van der Waals surface area contributed by atoms with Gasteiger partial charge in [0.05, 0.1) is 44.6 Å². The number of rotatable bonds is 7. The zero-order valence-electron chi connectivity index (χ0n) is 16.5. The second kappa shape index (κ2) is 11.3. The summed E-state index contributed by atoms with van der Waals surface area (Å²) in [6.45, 7) is 0.584. The van der Waals surface area contributed by atoms with E-state index >= 15 is 0 Å². The van der Waals surface area contributed by atoms with Crippen molar-refractivity contribution in [1.29, 1.82) is 0 Å². The van der Waals surface area contributed by atoms with Crippen molar-refractivity contribution in [3.05, 3.63) is 55.4 Å². The van der Waals surface area contributed by atoms with Crippen LogP contribution in [0.3, 0.4) is 0 Å². The highest BCUT2D eigenvalue weighted by atomic mass is 35.5. The average molecular weight is 556 g/mol. The molecule has 1 aliphatic rings. The number of anilines is 1. The van der Waals surface area contributed by atoms with Gasteiger partial charge in [0.25, 0.3) is 0 Å². The topological polar surface area (TPSA) is 71.0 Å². The number of halogens is 5. The molecule has 1 saturated heterocycles. The molecule has 12 heteroatoms. The van der Waals surface area contributed by atoms with E-state index in [1.165, 1.54) is 35.9 Å². The average Bonchev–Trinajstić information content (AvgIpc) is 3.00. The van der Waals surface area contributed by atoms with Crippen molar-refractivity contribution in [2.45, 2.75) is 11.7 Å². The number of thioether (sulfide) groups is 1. The van der Waals surface area contributed by atoms with Crippen LogP contribution >= 0.6 is 69.8 Å². The van der Waals surface area contributed by atoms with Gasteiger partial charge in [-0.1, -0.05) is 69.8 Å². The van der Waals surface area contributed by atoms with E-state index in [1.54, 1.807) is 18.2 Å². The molecule has 3 rings (SSSR count). The lowest BCUT2D eigenvalue weighted by molar-refractivity contribution is -0.128. The summed E-state index contributed by atoms with van der Waals surface area (Å²) in [7, 11) is 1.53. The second-order valence-corrected chi connectivity index (χ2v) is 9.81. The molecule has 2 amide bonds. The zero-order chi connectivity index (χ0) is 23.4. The van der Waals surface area contributed by atoms with Gasteiger partial charge in [0.1, 0.15) is 5.25 Å². The summed E-state index contributed by atoms with van der Waals surface area (Å²) in [6.07, 6.45) is -0.100. The Hall–Kier alpha value is -1.19. The molecule has 1 fully saturated rings. The van der Waals surface area contributed by atoms with E-state index in [-0.39, 0.29) is 33.9 Å². The van der Waals surface area contributed by atoms with Crippen molar-refractivity contribution in [2.75, 3.05) is 25.6 Å². The normalized spacial score (nSPS) is 17.3. The van der Waals surface area contributed by atoms with Crippen molar-refractivity contribution in [1.82, 2.24) is 4.90 Å². The number of carbonyl (C=O) groups excluding carboxylic acids is 2. The van der Waals surface area contributed by atoms with Gasteiger partial charge in [-0.3, -0.25) is 14.5 Å². The Labute approximate surface area is 214 Å². The molecule has 0 saturated carbocycles. The van der Waals surface area contributed by atoms with Crippen LogP contribution in [-0.4, -0.2) is 47.4 Å². The molecule has 0 unspecified atom stereocenters. The first-order valence-corrected chi connectivity index (χ1v) is 11.9. The maximum atomic E-state index is 13.0. The number of carbonyl (C=O) groups is 2. The highest BCUT2D eigenvalue weighted by Crippen LogP contribution is 2.36. The Balaban J connectivity index is 1.78. The number of methoxy groups -OCH3 is 1. The molecule has 2 aromatic rings. The molecule has 32 heavy (non-hydrogen) atoms. The van der Waals surface area contributed by atoms with Crippen molar-refractivity contribution in [3.63, 3.8) is 0 Å². The lowest BCUT2D eigenvalue weighted by atomic mass is 10.2. The minimum Gasteiger partial charge on any atom is -0.383 e. The van der Waals surface area contributed by atoms with Gasteiger partial charge in [-0.2, -0.15) is 0 Å². The first kappa shape index (κ1) is 25.4. The fourth-order valence-corrected chi connectivity index (χ4v) is 5.00. The molecule has 170 valence electrons. The van der Waals surface area contributed by atoms with Gasteiger partial charge < -0.3 is 10.1 Å². The van der Waals surface area contributed by atoms with Crippen LogP contribution in [0.5, 0.6) is 0 Å². The largest absolute Gasteiger partial charge is 0.383 e. The van der Waals surface area contributed by atoms with Crippen molar-refractivity contribution in [2.24, 2.45) is 4.99 Å². The first-order chi connectivity index (χ1) is 15.2. The van der Waals surface area contributed by atoms with Crippen LogP contribution in [0.25, 0.3) is 0 Å². The summed E-state index contributed by atoms with van der Waals surface area (Å²) in [4.78, 5) is 31.6. The van der Waals surface area contributed by atoms with E-state index in [2.05, 4.69) is 10.3 Å². The quantitative estimate of drug-likeness (QED) is 0.393. The number of hydrogen-bond donors (Lipinski definition) is 1. The minimum atomic E-state index is -0.682. The molecule has 2 aromatic carbocycles. The number of benzene rings is 2. The van der Waals surface area contributed by atoms with Crippen LogP contribution in [0.1, 0.15) is 6.42 Å². The molecule has 0 aliphatic carbocycles. The van der Waals surface area contributed by atoms with E-state index in [9.17, 15) is 9.59 Å². The summed E-state index contributed by atoms with van der Waals surface area (Å²) in [6, 6.07) is 7.76. The molecular formula is C20H16Cl5N3O3S. The van der Waals surface area contributed by atoms with E-state index in [0.717, 1.165) is 0 Å². The van der Waals surface area contributed by atoms with Gasteiger partial charge in [0, 0.05) is 18.6 Å². The Morgan fingerprint density at radius 3 is 2.50 bits per heavy atom. The molecule has 0 bridgehead atoms. The second-order valence-electron chi connectivity index (χ2n) is 6.58. The Morgan fingerprint density at radius 2 is 1.81 bits per heavy atom. The van der Waals surface area contributed by atoms with Crippen molar-refractivity contribution in [3.8, 4) is 0 Å². The Morgan fingerprint density at radius 1 is 1.09 bits per heavy atom. The predicted octanol–water partition coefficient (Wildman–Crippen LogP) is 6.56. The third kappa shape index (κ3) is 6.23. The monoisotopic (exact) mass is 553 g/mol. The molecule has 0 aromatic heterocycles. The first-order valence-electron chi connectivity index (χ1n) is 9.14. The fourth-order valence-electron chi connectivity index (χ4n) is 2.78. The third-order valence-electron chi connectivity index (χ3n) is 4.32. The van der Waals surface area contributed by atoms with Gasteiger partial charge in [-0.15, -0.1) is 0 Å². The molecule has 6 nitrogen and oxygen atoms in total. The van der Waals surface area contributed by atoms with E-state index in [0.29, 0.717) is 33.2 Å². The predicted molar refractivity (Wildman–Crippen MR) is 133 cm³/mol. The molecule has 1 N–H and O–H groups in total. The maximum absolute atomic E-state index is 13.0. The lowest BCUT2D eigenvalue weighted by Crippen LogP contribution is -2.35. The number of ether oxygens (including phenoxy) is 1. The van der Waals surface area contributed by atoms with Gasteiger partial charge in [-0.25, -0.2) is 4.99 Å². The van der Waals surface area contributed by atoms with Crippen LogP contribution < -0.4 is 5.32 Å². The molecule has 0 spiro atoms. The number of nitrogens with zero attached hydrogens (tertiary/aromatic N) is 2. The van der Waals surface area contributed by atoms with E-state index < -0.39 is 11.2 Å².